The van der Waals surface area contributed by atoms with Gasteiger partial charge in [-0.2, -0.15) is 5.10 Å². The number of rotatable bonds is 9. The molecule has 1 aliphatic rings. The molecule has 1 amide bonds. The fraction of sp³-hybridized carbons (Fsp3) is 0.267. The molecule has 1 aliphatic heterocycles. The van der Waals surface area contributed by atoms with Crippen molar-refractivity contribution in [1.29, 1.82) is 0 Å². The number of nitrogens with zero attached hydrogens (tertiary/aromatic N) is 3. The normalized spacial score (nSPS) is 15.0. The van der Waals surface area contributed by atoms with E-state index >= 15 is 0 Å². The van der Waals surface area contributed by atoms with E-state index in [-0.39, 0.29) is 29.9 Å². The zero-order valence-corrected chi connectivity index (χ0v) is 21.1. The molecule has 4 aromatic rings. The highest BCUT2D eigenvalue weighted by Crippen LogP contribution is 2.34. The van der Waals surface area contributed by atoms with Crippen LogP contribution < -0.4 is 4.74 Å². The van der Waals surface area contributed by atoms with E-state index in [1.807, 2.05) is 37.3 Å². The minimum absolute atomic E-state index is 0.0515. The van der Waals surface area contributed by atoms with Gasteiger partial charge in [-0.05, 0) is 61.7 Å². The fourth-order valence-electron chi connectivity index (χ4n) is 4.65. The van der Waals surface area contributed by atoms with Crippen LogP contribution in [0.5, 0.6) is 11.6 Å². The number of ether oxygens (including phenoxy) is 2. The number of hydrogen-bond donors (Lipinski definition) is 0. The van der Waals surface area contributed by atoms with Gasteiger partial charge in [0.1, 0.15) is 5.82 Å². The number of carbonyl (C=O) groups excluding carboxylic acids is 1. The average molecular weight is 518 g/mol. The van der Waals surface area contributed by atoms with Gasteiger partial charge < -0.3 is 14.4 Å². The first-order chi connectivity index (χ1) is 18.5. The van der Waals surface area contributed by atoms with Crippen LogP contribution in [0.2, 0.25) is 0 Å². The van der Waals surface area contributed by atoms with Crippen LogP contribution in [0.3, 0.4) is 0 Å². The Hall–Kier alpha value is -4.04. The molecule has 8 heteroatoms. The van der Waals surface area contributed by atoms with E-state index in [1.54, 1.807) is 33.8 Å². The van der Waals surface area contributed by atoms with Gasteiger partial charge >= 0.3 is 0 Å². The number of benzene rings is 3. The first-order valence-corrected chi connectivity index (χ1v) is 12.8. The maximum atomic E-state index is 14.7. The molecule has 196 valence electrons. The summed E-state index contributed by atoms with van der Waals surface area (Å²) in [6, 6.07) is 21.2. The summed E-state index contributed by atoms with van der Waals surface area (Å²) >= 11 is 0. The van der Waals surface area contributed by atoms with Gasteiger partial charge in [-0.1, -0.05) is 43.3 Å². The second-order valence-corrected chi connectivity index (χ2v) is 9.19. The molecule has 0 spiro atoms. The monoisotopic (exact) mass is 517 g/mol. The third kappa shape index (κ3) is 5.60. The van der Waals surface area contributed by atoms with Crippen molar-refractivity contribution < 1.29 is 23.0 Å². The first kappa shape index (κ1) is 25.6. The van der Waals surface area contributed by atoms with Crippen LogP contribution in [0.25, 0.3) is 5.69 Å². The Morgan fingerprint density at radius 2 is 1.87 bits per heavy atom. The summed E-state index contributed by atoms with van der Waals surface area (Å²) < 4.78 is 42.3. The molecule has 3 aromatic carbocycles. The SMILES string of the molecule is CCc1nn(-c2ccccc2)c(Oc2ccccc2F)c1CN(CC1CCCO1)C(=O)c1cccc(F)c1. The van der Waals surface area contributed by atoms with Gasteiger partial charge in [-0.25, -0.2) is 13.5 Å². The van der Waals surface area contributed by atoms with Crippen molar-refractivity contribution in [3.63, 3.8) is 0 Å². The third-order valence-corrected chi connectivity index (χ3v) is 6.55. The van der Waals surface area contributed by atoms with Gasteiger partial charge in [0.2, 0.25) is 5.88 Å². The standard InChI is InChI=1S/C30H29F2N3O3/c1-2-27-25(20-34(19-24-14-9-17-37-24)29(36)21-10-8-11-22(31)18-21)30(38-28-16-7-6-15-26(28)32)35(33-27)23-12-4-3-5-13-23/h3-8,10-13,15-16,18,24H,2,9,14,17,19-20H2,1H3. The number of aryl methyl sites for hydroxylation is 1. The highest BCUT2D eigenvalue weighted by molar-refractivity contribution is 5.94. The summed E-state index contributed by atoms with van der Waals surface area (Å²) in [4.78, 5) is 15.3. The van der Waals surface area contributed by atoms with Gasteiger partial charge in [0.05, 0.1) is 29.6 Å². The number of aromatic nitrogens is 2. The average Bonchev–Trinajstić information content (AvgIpc) is 3.57. The molecule has 0 saturated carbocycles. The van der Waals surface area contributed by atoms with Crippen LogP contribution in [0.15, 0.2) is 78.9 Å². The highest BCUT2D eigenvalue weighted by atomic mass is 19.1. The molecule has 1 saturated heterocycles. The van der Waals surface area contributed by atoms with Crippen LogP contribution in [0, 0.1) is 11.6 Å². The van der Waals surface area contributed by atoms with E-state index < -0.39 is 11.6 Å². The molecule has 0 radical (unpaired) electrons. The minimum atomic E-state index is -0.510. The molecule has 0 aliphatic carbocycles. The van der Waals surface area contributed by atoms with Gasteiger partial charge in [-0.15, -0.1) is 0 Å². The van der Waals surface area contributed by atoms with E-state index in [2.05, 4.69) is 0 Å². The van der Waals surface area contributed by atoms with E-state index in [1.165, 1.54) is 24.3 Å². The number of para-hydroxylation sites is 2. The molecule has 5 rings (SSSR count). The van der Waals surface area contributed by atoms with Crippen molar-refractivity contribution in [2.45, 2.75) is 38.8 Å². The lowest BCUT2D eigenvalue weighted by atomic mass is 10.1. The lowest BCUT2D eigenvalue weighted by Crippen LogP contribution is -2.37. The van der Waals surface area contributed by atoms with E-state index in [4.69, 9.17) is 14.6 Å². The topological polar surface area (TPSA) is 56.6 Å². The molecular weight excluding hydrogens is 488 g/mol. The Kier molecular flexibility index (Phi) is 7.79. The number of halogens is 2. The van der Waals surface area contributed by atoms with Crippen molar-refractivity contribution in [1.82, 2.24) is 14.7 Å². The summed E-state index contributed by atoms with van der Waals surface area (Å²) in [6.45, 7) is 3.07. The van der Waals surface area contributed by atoms with Crippen molar-refractivity contribution in [3.05, 3.63) is 107 Å². The van der Waals surface area contributed by atoms with Crippen molar-refractivity contribution in [2.24, 2.45) is 0 Å². The lowest BCUT2D eigenvalue weighted by molar-refractivity contribution is 0.0505. The van der Waals surface area contributed by atoms with Crippen LogP contribution in [-0.4, -0.2) is 39.8 Å². The largest absolute Gasteiger partial charge is 0.435 e. The lowest BCUT2D eigenvalue weighted by Gasteiger charge is -2.26. The first-order valence-electron chi connectivity index (χ1n) is 12.8. The Balaban J connectivity index is 1.59. The van der Waals surface area contributed by atoms with Crippen LogP contribution >= 0.6 is 0 Å². The van der Waals surface area contributed by atoms with Crippen molar-refractivity contribution in [3.8, 4) is 17.3 Å². The Morgan fingerprint density at radius 1 is 1.08 bits per heavy atom. The molecule has 1 fully saturated rings. The molecule has 38 heavy (non-hydrogen) atoms. The maximum absolute atomic E-state index is 14.7. The van der Waals surface area contributed by atoms with E-state index in [0.29, 0.717) is 36.7 Å². The summed E-state index contributed by atoms with van der Waals surface area (Å²) in [5, 5.41) is 4.80. The van der Waals surface area contributed by atoms with Crippen molar-refractivity contribution in [2.75, 3.05) is 13.2 Å². The summed E-state index contributed by atoms with van der Waals surface area (Å²) in [5.41, 5.74) is 2.35. The van der Waals surface area contributed by atoms with Gasteiger partial charge in [-0.3, -0.25) is 4.79 Å². The van der Waals surface area contributed by atoms with Gasteiger partial charge in [0, 0.05) is 18.7 Å². The minimum Gasteiger partial charge on any atom is -0.435 e. The van der Waals surface area contributed by atoms with Gasteiger partial charge in [0.25, 0.3) is 5.91 Å². The Morgan fingerprint density at radius 3 is 2.58 bits per heavy atom. The van der Waals surface area contributed by atoms with Crippen molar-refractivity contribution >= 4 is 5.91 Å². The second kappa shape index (κ2) is 11.6. The Bertz CT molecular complexity index is 1400. The third-order valence-electron chi connectivity index (χ3n) is 6.55. The molecule has 1 unspecified atom stereocenters. The van der Waals surface area contributed by atoms with Crippen LogP contribution in [-0.2, 0) is 17.7 Å². The van der Waals surface area contributed by atoms with E-state index in [0.717, 1.165) is 18.5 Å². The smallest absolute Gasteiger partial charge is 0.254 e. The quantitative estimate of drug-likeness (QED) is 0.261. The molecule has 0 bridgehead atoms. The molecule has 6 nitrogen and oxygen atoms in total. The summed E-state index contributed by atoms with van der Waals surface area (Å²) in [7, 11) is 0. The molecular formula is C30H29F2N3O3. The summed E-state index contributed by atoms with van der Waals surface area (Å²) in [6.07, 6.45) is 2.18. The maximum Gasteiger partial charge on any atom is 0.254 e. The van der Waals surface area contributed by atoms with Crippen LogP contribution in [0.4, 0.5) is 8.78 Å². The highest BCUT2D eigenvalue weighted by Gasteiger charge is 2.29. The number of hydrogen-bond acceptors (Lipinski definition) is 4. The summed E-state index contributed by atoms with van der Waals surface area (Å²) in [5.74, 6) is -0.948. The number of amides is 1. The number of carbonyl (C=O) groups is 1. The van der Waals surface area contributed by atoms with Crippen LogP contribution in [0.1, 0.15) is 41.4 Å². The predicted octanol–water partition coefficient (Wildman–Crippen LogP) is 6.33. The molecule has 0 N–H and O–H groups in total. The molecule has 2 heterocycles. The molecule has 1 atom stereocenters. The second-order valence-electron chi connectivity index (χ2n) is 9.19. The Labute approximate surface area is 220 Å². The molecule has 1 aromatic heterocycles. The van der Waals surface area contributed by atoms with E-state index in [9.17, 15) is 13.6 Å². The fourth-order valence-corrected chi connectivity index (χ4v) is 4.65. The predicted molar refractivity (Wildman–Crippen MR) is 140 cm³/mol. The zero-order chi connectivity index (χ0) is 26.5. The zero-order valence-electron chi connectivity index (χ0n) is 21.1. The van der Waals surface area contributed by atoms with Gasteiger partial charge in [0.15, 0.2) is 11.6 Å².